The lowest BCUT2D eigenvalue weighted by molar-refractivity contribution is -0.136. The quantitative estimate of drug-likeness (QED) is 0.526. The van der Waals surface area contributed by atoms with E-state index in [-0.39, 0.29) is 0 Å². The summed E-state index contributed by atoms with van der Waals surface area (Å²) in [6.45, 7) is 2.07. The maximum absolute atomic E-state index is 5.20. The molecule has 3 nitrogen and oxygen atoms in total. The van der Waals surface area contributed by atoms with Crippen molar-refractivity contribution in [3.05, 3.63) is 0 Å². The molecule has 1 aliphatic heterocycles. The van der Waals surface area contributed by atoms with E-state index in [9.17, 15) is 0 Å². The number of rotatable bonds is 2. The van der Waals surface area contributed by atoms with Crippen LogP contribution in [0.5, 0.6) is 0 Å². The highest BCUT2D eigenvalue weighted by Gasteiger charge is 2.12. The van der Waals surface area contributed by atoms with Crippen molar-refractivity contribution in [2.24, 2.45) is 0 Å². The van der Waals surface area contributed by atoms with E-state index in [1.54, 1.807) is 7.05 Å². The molecule has 1 atom stereocenters. The van der Waals surface area contributed by atoms with Crippen LogP contribution in [0.4, 0.5) is 0 Å². The summed E-state index contributed by atoms with van der Waals surface area (Å²) < 4.78 is 10.2. The van der Waals surface area contributed by atoms with Gasteiger partial charge < -0.3 is 9.47 Å². The third-order valence-electron chi connectivity index (χ3n) is 1.36. The largest absolute Gasteiger partial charge is 0.355 e. The molecule has 1 aliphatic rings. The van der Waals surface area contributed by atoms with Gasteiger partial charge in [-0.05, 0) is 6.42 Å². The molecule has 0 saturated carbocycles. The van der Waals surface area contributed by atoms with Crippen molar-refractivity contribution >= 4 is 0 Å². The third kappa shape index (κ3) is 2.30. The summed E-state index contributed by atoms with van der Waals surface area (Å²) in [6.07, 6.45) is 1.29. The minimum Gasteiger partial charge on any atom is -0.355 e. The fourth-order valence-corrected chi connectivity index (χ4v) is 0.849. The first-order valence-corrected chi connectivity index (χ1v) is 3.18. The predicted molar refractivity (Wildman–Crippen MR) is 33.2 cm³/mol. The Morgan fingerprint density at radius 1 is 1.67 bits per heavy atom. The van der Waals surface area contributed by atoms with Gasteiger partial charge in [0.1, 0.15) is 6.79 Å². The van der Waals surface area contributed by atoms with Crippen LogP contribution in [0, 0.1) is 0 Å². The van der Waals surface area contributed by atoms with Crippen LogP contribution >= 0.6 is 0 Å². The molecule has 0 spiro atoms. The number of hydrogen-bond donors (Lipinski definition) is 0. The minimum absolute atomic E-state index is 0.309. The smallest absolute Gasteiger partial charge is 0.147 e. The lowest BCUT2D eigenvalue weighted by Crippen LogP contribution is -2.29. The van der Waals surface area contributed by atoms with E-state index in [1.807, 2.05) is 0 Å². The second-order valence-electron chi connectivity index (χ2n) is 2.10. The lowest BCUT2D eigenvalue weighted by atomic mass is 10.2. The molecule has 1 radical (unpaired) electrons. The van der Waals surface area contributed by atoms with Gasteiger partial charge in [0.2, 0.25) is 0 Å². The van der Waals surface area contributed by atoms with E-state index in [4.69, 9.17) is 9.47 Å². The first-order valence-electron chi connectivity index (χ1n) is 3.18. The van der Waals surface area contributed by atoms with Gasteiger partial charge in [0, 0.05) is 13.6 Å². The van der Waals surface area contributed by atoms with E-state index in [0.717, 1.165) is 19.6 Å². The maximum atomic E-state index is 5.20. The Hall–Kier alpha value is -0.120. The van der Waals surface area contributed by atoms with Gasteiger partial charge in [0.15, 0.2) is 0 Å². The van der Waals surface area contributed by atoms with Gasteiger partial charge in [0.25, 0.3) is 0 Å². The zero-order valence-corrected chi connectivity index (χ0v) is 5.67. The standard InChI is InChI=1S/C6H12NO2/c1-7-4-6-2-3-8-5-9-6/h6H,2-5H2,1H3. The molecule has 1 unspecified atom stereocenters. The van der Waals surface area contributed by atoms with Crippen molar-refractivity contribution in [3.8, 4) is 0 Å². The fraction of sp³-hybridized carbons (Fsp3) is 1.00. The number of ether oxygens (including phenoxy) is 2. The highest BCUT2D eigenvalue weighted by molar-refractivity contribution is 4.60. The summed E-state index contributed by atoms with van der Waals surface area (Å²) in [7, 11) is 1.80. The minimum atomic E-state index is 0.309. The molecule has 3 heteroatoms. The summed E-state index contributed by atoms with van der Waals surface area (Å²) in [5.41, 5.74) is 0. The van der Waals surface area contributed by atoms with Gasteiger partial charge in [-0.3, -0.25) is 0 Å². The molecule has 1 rings (SSSR count). The first kappa shape index (κ1) is 6.99. The second-order valence-corrected chi connectivity index (χ2v) is 2.10. The molecule has 0 aliphatic carbocycles. The van der Waals surface area contributed by atoms with Crippen LogP contribution in [0.1, 0.15) is 6.42 Å². The molecule has 0 bridgehead atoms. The van der Waals surface area contributed by atoms with Crippen LogP contribution < -0.4 is 5.32 Å². The van der Waals surface area contributed by atoms with E-state index >= 15 is 0 Å². The molecule has 1 fully saturated rings. The Labute approximate surface area is 55.3 Å². The van der Waals surface area contributed by atoms with E-state index in [2.05, 4.69) is 5.32 Å². The molecular formula is C6H12NO2. The maximum Gasteiger partial charge on any atom is 0.147 e. The molecule has 9 heavy (non-hydrogen) atoms. The molecule has 1 saturated heterocycles. The number of nitrogens with zero attached hydrogens (tertiary/aromatic N) is 1. The van der Waals surface area contributed by atoms with E-state index < -0.39 is 0 Å². The van der Waals surface area contributed by atoms with Gasteiger partial charge >= 0.3 is 0 Å². The van der Waals surface area contributed by atoms with Crippen LogP contribution in [0.25, 0.3) is 0 Å². The van der Waals surface area contributed by atoms with Crippen LogP contribution in [-0.4, -0.2) is 33.1 Å². The van der Waals surface area contributed by atoms with Crippen molar-refractivity contribution in [2.75, 3.05) is 27.0 Å². The lowest BCUT2D eigenvalue weighted by Gasteiger charge is -2.21. The SMILES string of the molecule is C[N]CC1CCOCO1. The highest BCUT2D eigenvalue weighted by atomic mass is 16.7. The summed E-state index contributed by atoms with van der Waals surface area (Å²) in [6, 6.07) is 0. The summed E-state index contributed by atoms with van der Waals surface area (Å²) in [5, 5.41) is 3.98. The van der Waals surface area contributed by atoms with Crippen LogP contribution in [-0.2, 0) is 9.47 Å². The van der Waals surface area contributed by atoms with Crippen molar-refractivity contribution < 1.29 is 9.47 Å². The Kier molecular flexibility index (Phi) is 2.97. The van der Waals surface area contributed by atoms with Gasteiger partial charge in [-0.1, -0.05) is 0 Å². The molecule has 0 aromatic heterocycles. The molecular weight excluding hydrogens is 118 g/mol. The molecule has 0 N–H and O–H groups in total. The third-order valence-corrected chi connectivity index (χ3v) is 1.36. The topological polar surface area (TPSA) is 32.6 Å². The van der Waals surface area contributed by atoms with Crippen LogP contribution in [0.15, 0.2) is 0 Å². The average molecular weight is 130 g/mol. The van der Waals surface area contributed by atoms with Crippen LogP contribution in [0.2, 0.25) is 0 Å². The molecule has 53 valence electrons. The second kappa shape index (κ2) is 3.82. The zero-order valence-electron chi connectivity index (χ0n) is 5.67. The van der Waals surface area contributed by atoms with Crippen molar-refractivity contribution in [3.63, 3.8) is 0 Å². The summed E-state index contributed by atoms with van der Waals surface area (Å²) in [5.74, 6) is 0. The van der Waals surface area contributed by atoms with Crippen molar-refractivity contribution in [1.82, 2.24) is 5.32 Å². The first-order chi connectivity index (χ1) is 4.43. The zero-order chi connectivity index (χ0) is 6.53. The Morgan fingerprint density at radius 3 is 3.11 bits per heavy atom. The van der Waals surface area contributed by atoms with E-state index in [0.29, 0.717) is 12.9 Å². The van der Waals surface area contributed by atoms with Crippen molar-refractivity contribution in [1.29, 1.82) is 0 Å². The van der Waals surface area contributed by atoms with Gasteiger partial charge in [-0.2, -0.15) is 0 Å². The Bertz CT molecular complexity index is 68.7. The van der Waals surface area contributed by atoms with Gasteiger partial charge in [-0.15, -0.1) is 0 Å². The van der Waals surface area contributed by atoms with Crippen molar-refractivity contribution in [2.45, 2.75) is 12.5 Å². The average Bonchev–Trinajstić information content (AvgIpc) is 1.91. The molecule has 0 aromatic rings. The Balaban J connectivity index is 2.08. The molecule has 1 heterocycles. The summed E-state index contributed by atoms with van der Waals surface area (Å²) in [4.78, 5) is 0. The fourth-order valence-electron chi connectivity index (χ4n) is 0.849. The van der Waals surface area contributed by atoms with E-state index in [1.165, 1.54) is 0 Å². The summed E-state index contributed by atoms with van der Waals surface area (Å²) >= 11 is 0. The highest BCUT2D eigenvalue weighted by Crippen LogP contribution is 2.03. The normalized spacial score (nSPS) is 28.3. The van der Waals surface area contributed by atoms with Gasteiger partial charge in [0.05, 0.1) is 12.7 Å². The Morgan fingerprint density at radius 2 is 2.56 bits per heavy atom. The predicted octanol–water partition coefficient (Wildman–Crippen LogP) is -0.0164. The monoisotopic (exact) mass is 130 g/mol. The van der Waals surface area contributed by atoms with Gasteiger partial charge in [-0.25, -0.2) is 5.32 Å². The molecule has 0 aromatic carbocycles. The van der Waals surface area contributed by atoms with Crippen LogP contribution in [0.3, 0.4) is 0 Å². The number of hydrogen-bond acceptors (Lipinski definition) is 2. The number of likely N-dealkylation sites (N-methyl/N-ethyl adjacent to an activating group) is 1. The molecule has 0 amide bonds.